The van der Waals surface area contributed by atoms with Crippen LogP contribution in [0, 0.1) is 0 Å². The highest BCUT2D eigenvalue weighted by Crippen LogP contribution is 2.19. The Morgan fingerprint density at radius 2 is 2.04 bits per heavy atom. The molecule has 1 saturated heterocycles. The third-order valence-corrected chi connectivity index (χ3v) is 4.26. The number of pyridine rings is 2. The first kappa shape index (κ1) is 14.5. The molecule has 0 aliphatic carbocycles. The molecule has 0 aromatic carbocycles. The third kappa shape index (κ3) is 3.30. The van der Waals surface area contributed by atoms with Crippen molar-refractivity contribution in [3.63, 3.8) is 0 Å². The van der Waals surface area contributed by atoms with Crippen molar-refractivity contribution >= 4 is 17.2 Å². The summed E-state index contributed by atoms with van der Waals surface area (Å²) in [7, 11) is 0. The third-order valence-electron chi connectivity index (χ3n) is 4.03. The number of likely N-dealkylation sites (tertiary alicyclic amines) is 1. The Balaban J connectivity index is 1.39. The van der Waals surface area contributed by atoms with Crippen LogP contribution in [0.3, 0.4) is 0 Å². The van der Waals surface area contributed by atoms with E-state index in [1.54, 1.807) is 12.4 Å². The standard InChI is InChI=1S/C17H17ClN4O/c18-13-1-2-17-20-14(11-22(17)9-13)10-21-8-5-16(12-21)23-15-3-6-19-7-4-15/h1-4,6-7,9,11,16H,5,8,10,12H2/t16-/m1/s1. The lowest BCUT2D eigenvalue weighted by molar-refractivity contribution is 0.198. The normalized spacial score (nSPS) is 18.6. The highest BCUT2D eigenvalue weighted by molar-refractivity contribution is 6.30. The molecule has 1 aliphatic rings. The van der Waals surface area contributed by atoms with Gasteiger partial charge in [0.15, 0.2) is 0 Å². The van der Waals surface area contributed by atoms with E-state index in [4.69, 9.17) is 16.3 Å². The topological polar surface area (TPSA) is 42.7 Å². The number of imidazole rings is 1. The molecule has 0 amide bonds. The van der Waals surface area contributed by atoms with Gasteiger partial charge >= 0.3 is 0 Å². The first-order valence-corrected chi connectivity index (χ1v) is 8.06. The number of fused-ring (bicyclic) bond motifs is 1. The van der Waals surface area contributed by atoms with Gasteiger partial charge in [0.2, 0.25) is 0 Å². The van der Waals surface area contributed by atoms with E-state index in [-0.39, 0.29) is 6.10 Å². The highest BCUT2D eigenvalue weighted by Gasteiger charge is 2.24. The zero-order chi connectivity index (χ0) is 15.6. The molecule has 0 saturated carbocycles. The first-order chi connectivity index (χ1) is 11.3. The molecule has 0 N–H and O–H groups in total. The maximum Gasteiger partial charge on any atom is 0.137 e. The van der Waals surface area contributed by atoms with Crippen LogP contribution in [0.25, 0.3) is 5.65 Å². The van der Waals surface area contributed by atoms with Gasteiger partial charge in [-0.3, -0.25) is 9.88 Å². The summed E-state index contributed by atoms with van der Waals surface area (Å²) in [6.07, 6.45) is 8.68. The van der Waals surface area contributed by atoms with E-state index in [0.29, 0.717) is 5.02 Å². The van der Waals surface area contributed by atoms with Crippen LogP contribution >= 0.6 is 11.6 Å². The van der Waals surface area contributed by atoms with E-state index in [9.17, 15) is 0 Å². The predicted molar refractivity (Wildman–Crippen MR) is 88.7 cm³/mol. The summed E-state index contributed by atoms with van der Waals surface area (Å²) in [5, 5.41) is 0.716. The number of nitrogens with zero attached hydrogens (tertiary/aromatic N) is 4. The summed E-state index contributed by atoms with van der Waals surface area (Å²) < 4.78 is 7.96. The molecular weight excluding hydrogens is 312 g/mol. The minimum atomic E-state index is 0.226. The van der Waals surface area contributed by atoms with Gasteiger partial charge in [-0.2, -0.15) is 0 Å². The zero-order valence-electron chi connectivity index (χ0n) is 12.6. The predicted octanol–water partition coefficient (Wildman–Crippen LogP) is 3.04. The Morgan fingerprint density at radius 1 is 1.17 bits per heavy atom. The maximum absolute atomic E-state index is 6.01. The van der Waals surface area contributed by atoms with E-state index in [1.165, 1.54) is 0 Å². The minimum absolute atomic E-state index is 0.226. The zero-order valence-corrected chi connectivity index (χ0v) is 13.4. The fourth-order valence-corrected chi connectivity index (χ4v) is 3.14. The second kappa shape index (κ2) is 6.18. The average Bonchev–Trinajstić information content (AvgIpc) is 3.14. The van der Waals surface area contributed by atoms with Gasteiger partial charge in [-0.1, -0.05) is 11.6 Å². The molecule has 118 valence electrons. The van der Waals surface area contributed by atoms with Crippen LogP contribution in [0.15, 0.2) is 49.1 Å². The average molecular weight is 329 g/mol. The quantitative estimate of drug-likeness (QED) is 0.738. The molecule has 1 fully saturated rings. The van der Waals surface area contributed by atoms with Gasteiger partial charge in [0, 0.05) is 44.4 Å². The Morgan fingerprint density at radius 3 is 2.91 bits per heavy atom. The fraction of sp³-hybridized carbons (Fsp3) is 0.294. The van der Waals surface area contributed by atoms with Gasteiger partial charge in [0.05, 0.1) is 10.7 Å². The van der Waals surface area contributed by atoms with Crippen LogP contribution in [0.2, 0.25) is 5.02 Å². The molecule has 23 heavy (non-hydrogen) atoms. The van der Waals surface area contributed by atoms with E-state index in [2.05, 4.69) is 14.9 Å². The lowest BCUT2D eigenvalue weighted by Gasteiger charge is -2.15. The fourth-order valence-electron chi connectivity index (χ4n) is 2.97. The summed E-state index contributed by atoms with van der Waals surface area (Å²) in [6, 6.07) is 7.59. The molecule has 5 nitrogen and oxygen atoms in total. The SMILES string of the molecule is Clc1ccc2nc(CN3CC[C@@H](Oc4ccncc4)C3)cn2c1. The lowest BCUT2D eigenvalue weighted by Crippen LogP contribution is -2.24. The summed E-state index contributed by atoms with van der Waals surface area (Å²) >= 11 is 6.01. The van der Waals surface area contributed by atoms with Crippen molar-refractivity contribution in [1.29, 1.82) is 0 Å². The van der Waals surface area contributed by atoms with Crippen LogP contribution in [-0.2, 0) is 6.54 Å². The Bertz CT molecular complexity index is 805. The van der Waals surface area contributed by atoms with Crippen LogP contribution in [0.5, 0.6) is 5.75 Å². The van der Waals surface area contributed by atoms with Crippen LogP contribution in [0.4, 0.5) is 0 Å². The van der Waals surface area contributed by atoms with Crippen molar-refractivity contribution in [3.8, 4) is 5.75 Å². The molecule has 0 spiro atoms. The van der Waals surface area contributed by atoms with Crippen LogP contribution in [0.1, 0.15) is 12.1 Å². The Labute approximate surface area is 139 Å². The molecule has 0 radical (unpaired) electrons. The Kier molecular flexibility index (Phi) is 3.89. The van der Waals surface area contributed by atoms with Gasteiger partial charge in [-0.05, 0) is 30.7 Å². The molecular formula is C17H17ClN4O. The molecule has 4 rings (SSSR count). The number of ether oxygens (including phenoxy) is 1. The smallest absolute Gasteiger partial charge is 0.137 e. The van der Waals surface area contributed by atoms with Crippen molar-refractivity contribution < 1.29 is 4.74 Å². The van der Waals surface area contributed by atoms with Crippen molar-refractivity contribution in [1.82, 2.24) is 19.3 Å². The maximum atomic E-state index is 6.01. The van der Waals surface area contributed by atoms with Gasteiger partial charge in [0.1, 0.15) is 17.5 Å². The van der Waals surface area contributed by atoms with Crippen molar-refractivity contribution in [2.75, 3.05) is 13.1 Å². The molecule has 3 aromatic rings. The van der Waals surface area contributed by atoms with E-state index in [0.717, 1.165) is 43.1 Å². The van der Waals surface area contributed by atoms with Gasteiger partial charge in [-0.25, -0.2) is 4.98 Å². The molecule has 4 heterocycles. The van der Waals surface area contributed by atoms with E-state index < -0.39 is 0 Å². The monoisotopic (exact) mass is 328 g/mol. The molecule has 6 heteroatoms. The first-order valence-electron chi connectivity index (χ1n) is 7.68. The summed E-state index contributed by atoms with van der Waals surface area (Å²) in [6.45, 7) is 2.76. The second-order valence-electron chi connectivity index (χ2n) is 5.79. The van der Waals surface area contributed by atoms with Gasteiger partial charge in [-0.15, -0.1) is 0 Å². The minimum Gasteiger partial charge on any atom is -0.489 e. The molecule has 0 unspecified atom stereocenters. The molecule has 0 bridgehead atoms. The molecule has 3 aromatic heterocycles. The Hall–Kier alpha value is -2.11. The van der Waals surface area contributed by atoms with Gasteiger partial charge < -0.3 is 9.14 Å². The molecule has 1 aliphatic heterocycles. The molecule has 1 atom stereocenters. The number of hydrogen-bond donors (Lipinski definition) is 0. The van der Waals surface area contributed by atoms with Crippen LogP contribution < -0.4 is 4.74 Å². The number of halogens is 1. The van der Waals surface area contributed by atoms with Crippen LogP contribution in [-0.4, -0.2) is 38.5 Å². The number of aromatic nitrogens is 3. The van der Waals surface area contributed by atoms with E-state index in [1.807, 2.05) is 41.1 Å². The second-order valence-corrected chi connectivity index (χ2v) is 6.23. The van der Waals surface area contributed by atoms with Crippen molar-refractivity contribution in [2.24, 2.45) is 0 Å². The highest BCUT2D eigenvalue weighted by atomic mass is 35.5. The summed E-state index contributed by atoms with van der Waals surface area (Å²) in [5.74, 6) is 0.884. The number of rotatable bonds is 4. The van der Waals surface area contributed by atoms with Gasteiger partial charge in [0.25, 0.3) is 0 Å². The summed E-state index contributed by atoms with van der Waals surface area (Å²) in [4.78, 5) is 11.0. The van der Waals surface area contributed by atoms with E-state index >= 15 is 0 Å². The number of hydrogen-bond acceptors (Lipinski definition) is 4. The summed E-state index contributed by atoms with van der Waals surface area (Å²) in [5.41, 5.74) is 1.98. The van der Waals surface area contributed by atoms with Crippen molar-refractivity contribution in [2.45, 2.75) is 19.1 Å². The largest absolute Gasteiger partial charge is 0.489 e. The van der Waals surface area contributed by atoms with Crippen molar-refractivity contribution in [3.05, 3.63) is 59.8 Å². The lowest BCUT2D eigenvalue weighted by atomic mass is 10.3.